The maximum atomic E-state index is 12.8. The molecular weight excluding hydrogens is 351 g/mol. The van der Waals surface area contributed by atoms with Crippen molar-refractivity contribution in [3.63, 3.8) is 0 Å². The minimum Gasteiger partial charge on any atom is -0.493 e. The molecular formula is C19H23FN4O3. The number of rotatable bonds is 8. The molecule has 0 saturated carbocycles. The fourth-order valence-electron chi connectivity index (χ4n) is 2.32. The molecule has 0 heterocycles. The highest BCUT2D eigenvalue weighted by Crippen LogP contribution is 2.27. The van der Waals surface area contributed by atoms with E-state index in [1.54, 1.807) is 14.2 Å². The summed E-state index contributed by atoms with van der Waals surface area (Å²) in [4.78, 5) is 15.8. The first-order chi connectivity index (χ1) is 13.0. The van der Waals surface area contributed by atoms with Crippen molar-refractivity contribution in [3.05, 3.63) is 53.8 Å². The van der Waals surface area contributed by atoms with Gasteiger partial charge in [0.1, 0.15) is 12.4 Å². The van der Waals surface area contributed by atoms with E-state index in [9.17, 15) is 9.18 Å². The highest BCUT2D eigenvalue weighted by Gasteiger charge is 2.05. The Balaban J connectivity index is 1.77. The Morgan fingerprint density at radius 2 is 1.81 bits per heavy atom. The van der Waals surface area contributed by atoms with Crippen molar-refractivity contribution in [2.75, 3.05) is 32.6 Å². The number of benzene rings is 2. The van der Waals surface area contributed by atoms with Crippen molar-refractivity contribution in [2.24, 2.45) is 10.7 Å². The summed E-state index contributed by atoms with van der Waals surface area (Å²) in [6, 6.07) is 11.1. The predicted octanol–water partition coefficient (Wildman–Crippen LogP) is 1.93. The highest BCUT2D eigenvalue weighted by molar-refractivity contribution is 5.93. The standard InChI is InChI=1S/C19H23FN4O3/c1-26-16-8-3-13(11-17(16)27-2)9-10-22-19(21)23-12-18(25)24-15-6-4-14(20)5-7-15/h3-8,11H,9-10,12H2,1-2H3,(H,24,25)(H3,21,22,23). The van der Waals surface area contributed by atoms with E-state index in [2.05, 4.69) is 15.6 Å². The molecule has 0 saturated heterocycles. The first-order valence-corrected chi connectivity index (χ1v) is 8.32. The summed E-state index contributed by atoms with van der Waals surface area (Å²) in [5, 5.41) is 5.56. The molecule has 2 rings (SSSR count). The number of anilines is 1. The van der Waals surface area contributed by atoms with Crippen LogP contribution in [0.2, 0.25) is 0 Å². The molecule has 27 heavy (non-hydrogen) atoms. The summed E-state index contributed by atoms with van der Waals surface area (Å²) in [7, 11) is 3.17. The average molecular weight is 374 g/mol. The topological polar surface area (TPSA) is 98.0 Å². The molecule has 7 nitrogen and oxygen atoms in total. The quantitative estimate of drug-likeness (QED) is 0.484. The molecule has 0 bridgehead atoms. The van der Waals surface area contributed by atoms with Gasteiger partial charge >= 0.3 is 0 Å². The number of nitrogens with one attached hydrogen (secondary N) is 2. The van der Waals surface area contributed by atoms with Gasteiger partial charge in [0, 0.05) is 12.2 Å². The number of nitrogens with two attached hydrogens (primary N) is 1. The third-order valence-corrected chi connectivity index (χ3v) is 3.69. The van der Waals surface area contributed by atoms with Gasteiger partial charge in [0.2, 0.25) is 5.91 Å². The zero-order chi connectivity index (χ0) is 19.6. The molecule has 8 heteroatoms. The number of halogens is 1. The van der Waals surface area contributed by atoms with E-state index < -0.39 is 0 Å². The lowest BCUT2D eigenvalue weighted by Crippen LogP contribution is -2.34. The molecule has 4 N–H and O–H groups in total. The summed E-state index contributed by atoms with van der Waals surface area (Å²) in [6.45, 7) is 0.414. The van der Waals surface area contributed by atoms with E-state index in [1.807, 2.05) is 18.2 Å². The van der Waals surface area contributed by atoms with Gasteiger partial charge in [-0.1, -0.05) is 6.07 Å². The minimum absolute atomic E-state index is 0.132. The van der Waals surface area contributed by atoms with Crippen molar-refractivity contribution in [2.45, 2.75) is 6.42 Å². The number of carbonyl (C=O) groups excluding carboxylic acids is 1. The number of methoxy groups -OCH3 is 2. The Kier molecular flexibility index (Phi) is 7.42. The number of guanidine groups is 1. The Morgan fingerprint density at radius 3 is 2.48 bits per heavy atom. The second-order valence-electron chi connectivity index (χ2n) is 5.62. The van der Waals surface area contributed by atoms with Crippen LogP contribution < -0.4 is 25.8 Å². The zero-order valence-corrected chi connectivity index (χ0v) is 15.3. The van der Waals surface area contributed by atoms with E-state index in [-0.39, 0.29) is 24.2 Å². The molecule has 144 valence electrons. The van der Waals surface area contributed by atoms with Gasteiger partial charge in [-0.15, -0.1) is 0 Å². The van der Waals surface area contributed by atoms with Crippen LogP contribution in [0.15, 0.2) is 47.5 Å². The zero-order valence-electron chi connectivity index (χ0n) is 15.3. The Labute approximate surface area is 157 Å². The first-order valence-electron chi connectivity index (χ1n) is 8.32. The number of aliphatic imine (C=N–C) groups is 1. The smallest absolute Gasteiger partial charge is 0.246 e. The van der Waals surface area contributed by atoms with E-state index in [4.69, 9.17) is 15.2 Å². The van der Waals surface area contributed by atoms with Gasteiger partial charge in [-0.2, -0.15) is 0 Å². The van der Waals surface area contributed by atoms with Gasteiger partial charge in [-0.25, -0.2) is 9.38 Å². The third kappa shape index (κ3) is 6.50. The van der Waals surface area contributed by atoms with Gasteiger partial charge in [0.05, 0.1) is 14.2 Å². The van der Waals surface area contributed by atoms with Crippen LogP contribution in [0.4, 0.5) is 10.1 Å². The molecule has 0 aromatic heterocycles. The van der Waals surface area contributed by atoms with Crippen LogP contribution in [0.3, 0.4) is 0 Å². The first kappa shape index (κ1) is 20.0. The maximum Gasteiger partial charge on any atom is 0.246 e. The molecule has 2 aromatic carbocycles. The second-order valence-corrected chi connectivity index (χ2v) is 5.62. The molecule has 0 atom stereocenters. The molecule has 2 aromatic rings. The van der Waals surface area contributed by atoms with Crippen LogP contribution in [-0.4, -0.2) is 39.2 Å². The summed E-state index contributed by atoms with van der Waals surface area (Å²) in [6.07, 6.45) is 0.693. The van der Waals surface area contributed by atoms with Gasteiger partial charge in [0.25, 0.3) is 0 Å². The van der Waals surface area contributed by atoms with E-state index in [1.165, 1.54) is 24.3 Å². The molecule has 0 aliphatic rings. The Bertz CT molecular complexity index is 794. The number of nitrogens with zero attached hydrogens (tertiary/aromatic N) is 1. The summed E-state index contributed by atoms with van der Waals surface area (Å²) < 4.78 is 23.3. The largest absolute Gasteiger partial charge is 0.493 e. The van der Waals surface area contributed by atoms with Crippen LogP contribution in [0.25, 0.3) is 0 Å². The Hall–Kier alpha value is -3.29. The third-order valence-electron chi connectivity index (χ3n) is 3.69. The number of amides is 1. The fraction of sp³-hybridized carbons (Fsp3) is 0.263. The molecule has 0 radical (unpaired) electrons. The van der Waals surface area contributed by atoms with Crippen LogP contribution in [0.5, 0.6) is 11.5 Å². The maximum absolute atomic E-state index is 12.8. The monoisotopic (exact) mass is 374 g/mol. The summed E-state index contributed by atoms with van der Waals surface area (Å²) in [5.74, 6) is 0.793. The van der Waals surface area contributed by atoms with Gasteiger partial charge in [0.15, 0.2) is 17.5 Å². The summed E-state index contributed by atoms with van der Waals surface area (Å²) in [5.41, 5.74) is 7.31. The van der Waals surface area contributed by atoms with Gasteiger partial charge < -0.3 is 25.8 Å². The minimum atomic E-state index is -0.367. The van der Waals surface area contributed by atoms with Crippen LogP contribution in [0, 0.1) is 5.82 Å². The van der Waals surface area contributed by atoms with Crippen LogP contribution >= 0.6 is 0 Å². The van der Waals surface area contributed by atoms with Crippen LogP contribution in [-0.2, 0) is 11.2 Å². The van der Waals surface area contributed by atoms with Crippen molar-refractivity contribution in [1.82, 2.24) is 5.32 Å². The van der Waals surface area contributed by atoms with Crippen molar-refractivity contribution >= 4 is 17.6 Å². The fourth-order valence-corrected chi connectivity index (χ4v) is 2.32. The van der Waals surface area contributed by atoms with Crippen molar-refractivity contribution in [1.29, 1.82) is 0 Å². The highest BCUT2D eigenvalue weighted by atomic mass is 19.1. The van der Waals surface area contributed by atoms with E-state index in [0.29, 0.717) is 30.2 Å². The molecule has 0 unspecified atom stereocenters. The molecule has 0 aliphatic carbocycles. The summed E-state index contributed by atoms with van der Waals surface area (Å²) >= 11 is 0. The van der Waals surface area contributed by atoms with Gasteiger partial charge in [-0.3, -0.25) is 4.79 Å². The Morgan fingerprint density at radius 1 is 1.11 bits per heavy atom. The lowest BCUT2D eigenvalue weighted by atomic mass is 10.1. The van der Waals surface area contributed by atoms with Gasteiger partial charge in [-0.05, 0) is 48.4 Å². The predicted molar refractivity (Wildman–Crippen MR) is 103 cm³/mol. The molecule has 0 aliphatic heterocycles. The second kappa shape index (κ2) is 10.0. The molecule has 1 amide bonds. The number of hydrogen-bond acceptors (Lipinski definition) is 4. The van der Waals surface area contributed by atoms with Crippen molar-refractivity contribution in [3.8, 4) is 11.5 Å². The SMILES string of the molecule is COc1ccc(CCNC(N)=NCC(=O)Nc2ccc(F)cc2)cc1OC. The number of ether oxygens (including phenoxy) is 2. The number of hydrogen-bond donors (Lipinski definition) is 3. The lowest BCUT2D eigenvalue weighted by molar-refractivity contribution is -0.114. The lowest BCUT2D eigenvalue weighted by Gasteiger charge is -2.10. The molecule has 0 spiro atoms. The van der Waals surface area contributed by atoms with Crippen LogP contribution in [0.1, 0.15) is 5.56 Å². The van der Waals surface area contributed by atoms with Crippen molar-refractivity contribution < 1.29 is 18.7 Å². The van der Waals surface area contributed by atoms with E-state index in [0.717, 1.165) is 5.56 Å². The normalized spacial score (nSPS) is 11.0. The van der Waals surface area contributed by atoms with E-state index >= 15 is 0 Å². The number of carbonyl (C=O) groups is 1. The molecule has 0 fully saturated rings. The average Bonchev–Trinajstić information content (AvgIpc) is 2.68.